The van der Waals surface area contributed by atoms with Crippen LogP contribution in [0.4, 0.5) is 5.69 Å². The maximum Gasteiger partial charge on any atom is 0.329 e. The van der Waals surface area contributed by atoms with Gasteiger partial charge in [-0.25, -0.2) is 5.43 Å². The highest BCUT2D eigenvalue weighted by molar-refractivity contribution is 6.35. The van der Waals surface area contributed by atoms with E-state index in [4.69, 9.17) is 21.1 Å². The van der Waals surface area contributed by atoms with Crippen molar-refractivity contribution in [3.05, 3.63) is 52.5 Å². The first-order valence-electron chi connectivity index (χ1n) is 11.4. The van der Waals surface area contributed by atoms with E-state index in [2.05, 4.69) is 28.1 Å². The molecule has 2 rings (SSSR count). The van der Waals surface area contributed by atoms with Crippen molar-refractivity contribution in [3.63, 3.8) is 0 Å². The third-order valence-electron chi connectivity index (χ3n) is 4.90. The maximum absolute atomic E-state index is 12.3. The summed E-state index contributed by atoms with van der Waals surface area (Å²) in [7, 11) is 0. The quantitative estimate of drug-likeness (QED) is 0.246. The average Bonchev–Trinajstić information content (AvgIpc) is 2.84. The molecule has 0 aliphatic rings. The normalized spacial score (nSPS) is 11.6. The Bertz CT molecular complexity index is 1060. The summed E-state index contributed by atoms with van der Waals surface area (Å²) in [4.78, 5) is 35.9. The SMILES string of the molecule is CCOc1cc(/C=N\NC(=O)C(=O)N[C@H](C)CC)cc(Cl)c1OCC(=O)Nc1ccc(CC)cc1. The Morgan fingerprint density at radius 1 is 1.06 bits per heavy atom. The monoisotopic (exact) mass is 502 g/mol. The zero-order valence-corrected chi connectivity index (χ0v) is 21.1. The number of carbonyl (C=O) groups is 3. The third-order valence-corrected chi connectivity index (χ3v) is 5.18. The summed E-state index contributed by atoms with van der Waals surface area (Å²) in [5.41, 5.74) is 4.50. The summed E-state index contributed by atoms with van der Waals surface area (Å²) < 4.78 is 11.2. The number of hydrogen-bond donors (Lipinski definition) is 3. The molecule has 0 heterocycles. The lowest BCUT2D eigenvalue weighted by molar-refractivity contribution is -0.139. The summed E-state index contributed by atoms with van der Waals surface area (Å²) in [5, 5.41) is 9.30. The summed E-state index contributed by atoms with van der Waals surface area (Å²) in [6.07, 6.45) is 2.93. The standard InChI is InChI=1S/C25H31ClN4O5/c1-5-16(4)28-24(32)25(33)30-27-14-18-12-20(26)23(21(13-18)34-7-3)35-15-22(31)29-19-10-8-17(6-2)9-11-19/h8-14,16H,5-7,15H2,1-4H3,(H,28,32)(H,29,31)(H,30,33)/b27-14-/t16-/m1/s1. The van der Waals surface area contributed by atoms with E-state index in [-0.39, 0.29) is 29.3 Å². The van der Waals surface area contributed by atoms with Crippen LogP contribution in [0.1, 0.15) is 45.2 Å². The second kappa shape index (κ2) is 14.0. The Labute approximate surface area is 210 Å². The Kier molecular flexibility index (Phi) is 11.0. The van der Waals surface area contributed by atoms with Crippen molar-refractivity contribution in [2.24, 2.45) is 5.10 Å². The van der Waals surface area contributed by atoms with Crippen LogP contribution >= 0.6 is 11.6 Å². The fourth-order valence-electron chi connectivity index (χ4n) is 2.83. The van der Waals surface area contributed by atoms with Gasteiger partial charge in [0.2, 0.25) is 0 Å². The second-order valence-electron chi connectivity index (χ2n) is 7.63. The molecule has 0 fully saturated rings. The molecule has 0 saturated carbocycles. The zero-order valence-electron chi connectivity index (χ0n) is 20.3. The van der Waals surface area contributed by atoms with Gasteiger partial charge in [0, 0.05) is 11.7 Å². The van der Waals surface area contributed by atoms with Crippen molar-refractivity contribution >= 4 is 41.2 Å². The lowest BCUT2D eigenvalue weighted by Gasteiger charge is -2.14. The molecule has 0 aliphatic heterocycles. The minimum Gasteiger partial charge on any atom is -0.490 e. The molecule has 0 spiro atoms. The van der Waals surface area contributed by atoms with Crippen LogP contribution in [0.25, 0.3) is 0 Å². The molecular formula is C25H31ClN4O5. The first kappa shape index (κ1) is 27.7. The topological polar surface area (TPSA) is 118 Å². The number of rotatable bonds is 11. The number of nitrogens with one attached hydrogen (secondary N) is 3. The Hall–Kier alpha value is -3.59. The molecule has 0 saturated heterocycles. The molecule has 188 valence electrons. The van der Waals surface area contributed by atoms with Crippen molar-refractivity contribution in [2.45, 2.75) is 46.6 Å². The van der Waals surface area contributed by atoms with Gasteiger partial charge in [-0.05, 0) is 62.1 Å². The molecule has 3 amide bonds. The zero-order chi connectivity index (χ0) is 25.8. The number of amides is 3. The number of nitrogens with zero attached hydrogens (tertiary/aromatic N) is 1. The van der Waals surface area contributed by atoms with Crippen LogP contribution in [0.3, 0.4) is 0 Å². The van der Waals surface area contributed by atoms with Gasteiger partial charge in [-0.2, -0.15) is 5.10 Å². The molecule has 10 heteroatoms. The number of ether oxygens (including phenoxy) is 2. The number of aryl methyl sites for hydroxylation is 1. The molecule has 2 aromatic rings. The molecular weight excluding hydrogens is 472 g/mol. The van der Waals surface area contributed by atoms with Gasteiger partial charge in [0.05, 0.1) is 17.8 Å². The third kappa shape index (κ3) is 8.94. The van der Waals surface area contributed by atoms with Gasteiger partial charge < -0.3 is 20.1 Å². The van der Waals surface area contributed by atoms with E-state index in [1.54, 1.807) is 19.9 Å². The summed E-state index contributed by atoms with van der Waals surface area (Å²) in [6, 6.07) is 10.6. The first-order valence-corrected chi connectivity index (χ1v) is 11.8. The van der Waals surface area contributed by atoms with E-state index in [9.17, 15) is 14.4 Å². The van der Waals surface area contributed by atoms with Crippen molar-refractivity contribution in [3.8, 4) is 11.5 Å². The van der Waals surface area contributed by atoms with E-state index in [1.165, 1.54) is 17.8 Å². The first-order chi connectivity index (χ1) is 16.8. The summed E-state index contributed by atoms with van der Waals surface area (Å²) in [6.45, 7) is 7.59. The fourth-order valence-corrected chi connectivity index (χ4v) is 3.11. The van der Waals surface area contributed by atoms with Crippen LogP contribution in [0.2, 0.25) is 5.02 Å². The average molecular weight is 503 g/mol. The smallest absolute Gasteiger partial charge is 0.329 e. The van der Waals surface area contributed by atoms with E-state index < -0.39 is 11.8 Å². The van der Waals surface area contributed by atoms with E-state index in [1.807, 2.05) is 31.2 Å². The highest BCUT2D eigenvalue weighted by Gasteiger charge is 2.16. The van der Waals surface area contributed by atoms with E-state index in [0.29, 0.717) is 30.0 Å². The summed E-state index contributed by atoms with van der Waals surface area (Å²) in [5.74, 6) is -1.49. The van der Waals surface area contributed by atoms with Gasteiger partial charge in [0.15, 0.2) is 18.1 Å². The van der Waals surface area contributed by atoms with Crippen molar-refractivity contribution < 1.29 is 23.9 Å². The van der Waals surface area contributed by atoms with Crippen molar-refractivity contribution in [2.75, 3.05) is 18.5 Å². The molecule has 1 atom stereocenters. The lowest BCUT2D eigenvalue weighted by Crippen LogP contribution is -2.41. The molecule has 0 unspecified atom stereocenters. The molecule has 0 aliphatic carbocycles. The van der Waals surface area contributed by atoms with Crippen LogP contribution in [-0.4, -0.2) is 43.2 Å². The second-order valence-corrected chi connectivity index (χ2v) is 8.04. The highest BCUT2D eigenvalue weighted by Crippen LogP contribution is 2.36. The van der Waals surface area contributed by atoms with Crippen LogP contribution in [0.5, 0.6) is 11.5 Å². The number of hydrazone groups is 1. The molecule has 0 radical (unpaired) electrons. The van der Waals surface area contributed by atoms with Gasteiger partial charge in [-0.3, -0.25) is 14.4 Å². The van der Waals surface area contributed by atoms with Crippen LogP contribution in [0.15, 0.2) is 41.5 Å². The van der Waals surface area contributed by atoms with Crippen LogP contribution < -0.4 is 25.5 Å². The Morgan fingerprint density at radius 2 is 1.77 bits per heavy atom. The van der Waals surface area contributed by atoms with Gasteiger partial charge in [-0.15, -0.1) is 0 Å². The molecule has 9 nitrogen and oxygen atoms in total. The van der Waals surface area contributed by atoms with Gasteiger partial charge in [0.25, 0.3) is 5.91 Å². The minimum atomic E-state index is -0.882. The van der Waals surface area contributed by atoms with Crippen molar-refractivity contribution in [1.82, 2.24) is 10.7 Å². The predicted molar refractivity (Wildman–Crippen MR) is 136 cm³/mol. The number of anilines is 1. The number of benzene rings is 2. The number of hydrogen-bond acceptors (Lipinski definition) is 6. The van der Waals surface area contributed by atoms with Gasteiger partial charge in [0.1, 0.15) is 0 Å². The molecule has 0 bridgehead atoms. The number of carbonyl (C=O) groups excluding carboxylic acids is 3. The highest BCUT2D eigenvalue weighted by atomic mass is 35.5. The van der Waals surface area contributed by atoms with Crippen LogP contribution in [-0.2, 0) is 20.8 Å². The predicted octanol–water partition coefficient (Wildman–Crippen LogP) is 3.68. The minimum absolute atomic E-state index is 0.124. The molecule has 2 aromatic carbocycles. The van der Waals surface area contributed by atoms with Gasteiger partial charge in [-0.1, -0.05) is 37.6 Å². The van der Waals surface area contributed by atoms with E-state index in [0.717, 1.165) is 6.42 Å². The van der Waals surface area contributed by atoms with Crippen molar-refractivity contribution in [1.29, 1.82) is 0 Å². The van der Waals surface area contributed by atoms with E-state index >= 15 is 0 Å². The molecule has 35 heavy (non-hydrogen) atoms. The molecule has 3 N–H and O–H groups in total. The number of halogens is 1. The van der Waals surface area contributed by atoms with Gasteiger partial charge >= 0.3 is 11.8 Å². The largest absolute Gasteiger partial charge is 0.490 e. The Morgan fingerprint density at radius 3 is 2.40 bits per heavy atom. The van der Waals surface area contributed by atoms with Crippen LogP contribution in [0, 0.1) is 0 Å². The maximum atomic E-state index is 12.3. The summed E-state index contributed by atoms with van der Waals surface area (Å²) >= 11 is 6.36. The Balaban J connectivity index is 2.02. The lowest BCUT2D eigenvalue weighted by atomic mass is 10.1. The fraction of sp³-hybridized carbons (Fsp3) is 0.360. The molecule has 0 aromatic heterocycles.